The molecule has 2 N–H and O–H groups in total. The van der Waals surface area contributed by atoms with Gasteiger partial charge < -0.3 is 19.9 Å². The van der Waals surface area contributed by atoms with Crippen molar-refractivity contribution in [3.63, 3.8) is 0 Å². The van der Waals surface area contributed by atoms with Crippen molar-refractivity contribution in [1.82, 2.24) is 5.32 Å². The molecule has 7 heteroatoms. The Balaban J connectivity index is 1.57. The highest BCUT2D eigenvalue weighted by molar-refractivity contribution is 6.01. The van der Waals surface area contributed by atoms with Crippen LogP contribution in [-0.2, 0) is 16.1 Å². The molecule has 0 saturated carbocycles. The van der Waals surface area contributed by atoms with Gasteiger partial charge in [-0.1, -0.05) is 24.3 Å². The number of hydrogen-bond acceptors (Lipinski definition) is 5. The zero-order valence-electron chi connectivity index (χ0n) is 16.3. The number of aromatic carboxylic acids is 1. The maximum atomic E-state index is 12.2. The van der Waals surface area contributed by atoms with Gasteiger partial charge in [0.1, 0.15) is 24.0 Å². The first-order valence-corrected chi connectivity index (χ1v) is 9.62. The minimum Gasteiger partial charge on any atom is -0.489 e. The highest BCUT2D eigenvalue weighted by atomic mass is 16.5. The van der Waals surface area contributed by atoms with Gasteiger partial charge in [0.15, 0.2) is 0 Å². The molecule has 1 heterocycles. The second-order valence-corrected chi connectivity index (χ2v) is 6.88. The lowest BCUT2D eigenvalue weighted by Crippen LogP contribution is -2.32. The Bertz CT molecular complexity index is 970. The number of benzene rings is 2. The van der Waals surface area contributed by atoms with Crippen molar-refractivity contribution >= 4 is 18.0 Å². The molecular weight excluding hydrogens is 384 g/mol. The molecule has 1 atom stereocenters. The number of nitrogens with one attached hydrogen (secondary N) is 1. The van der Waals surface area contributed by atoms with Gasteiger partial charge in [-0.3, -0.25) is 4.79 Å². The quantitative estimate of drug-likeness (QED) is 0.515. The molecule has 3 rings (SSSR count). The third kappa shape index (κ3) is 5.93. The lowest BCUT2D eigenvalue weighted by atomic mass is 10.1. The Morgan fingerprint density at radius 1 is 1.27 bits per heavy atom. The average Bonchev–Trinajstić information content (AvgIpc) is 3.29. The molecule has 154 valence electrons. The molecule has 30 heavy (non-hydrogen) atoms. The molecule has 0 unspecified atom stereocenters. The molecule has 1 saturated heterocycles. The van der Waals surface area contributed by atoms with E-state index in [-0.39, 0.29) is 23.8 Å². The van der Waals surface area contributed by atoms with Gasteiger partial charge in [0.25, 0.3) is 5.91 Å². The molecule has 1 aliphatic heterocycles. The van der Waals surface area contributed by atoms with Gasteiger partial charge in [-0.25, -0.2) is 4.79 Å². The molecular formula is C23H22N2O5. The van der Waals surface area contributed by atoms with Crippen LogP contribution in [-0.4, -0.2) is 36.2 Å². The fourth-order valence-electron chi connectivity index (χ4n) is 3.04. The number of amides is 1. The van der Waals surface area contributed by atoms with Crippen LogP contribution in [0.15, 0.2) is 54.1 Å². The lowest BCUT2D eigenvalue weighted by Gasteiger charge is -2.10. The van der Waals surface area contributed by atoms with Gasteiger partial charge in [-0.2, -0.15) is 5.26 Å². The number of rotatable bonds is 8. The smallest absolute Gasteiger partial charge is 0.335 e. The van der Waals surface area contributed by atoms with E-state index in [9.17, 15) is 14.9 Å². The number of carboxylic acid groups (broad SMARTS) is 1. The van der Waals surface area contributed by atoms with Gasteiger partial charge in [0.2, 0.25) is 0 Å². The highest BCUT2D eigenvalue weighted by Crippen LogP contribution is 2.17. The summed E-state index contributed by atoms with van der Waals surface area (Å²) < 4.78 is 11.1. The Labute approximate surface area is 174 Å². The fraction of sp³-hybridized carbons (Fsp3) is 0.261. The van der Waals surface area contributed by atoms with Gasteiger partial charge in [-0.05, 0) is 54.3 Å². The summed E-state index contributed by atoms with van der Waals surface area (Å²) in [6.45, 7) is 1.33. The molecule has 0 spiro atoms. The molecule has 1 fully saturated rings. The van der Waals surface area contributed by atoms with E-state index in [2.05, 4.69) is 5.32 Å². The summed E-state index contributed by atoms with van der Waals surface area (Å²) in [4.78, 5) is 23.2. The largest absolute Gasteiger partial charge is 0.489 e. The van der Waals surface area contributed by atoms with E-state index in [0.717, 1.165) is 18.4 Å². The zero-order valence-corrected chi connectivity index (χ0v) is 16.3. The predicted molar refractivity (Wildman–Crippen MR) is 110 cm³/mol. The van der Waals surface area contributed by atoms with Crippen molar-refractivity contribution in [2.75, 3.05) is 13.2 Å². The first-order valence-electron chi connectivity index (χ1n) is 9.62. The molecule has 2 aromatic carbocycles. The van der Waals surface area contributed by atoms with Crippen LogP contribution in [0.5, 0.6) is 5.75 Å². The SMILES string of the molecule is N#C/C(=C\c1ccc(OCc2cccc(C(=O)O)c2)cc1)C(=O)NC[C@H]1CCCO1. The van der Waals surface area contributed by atoms with Crippen molar-refractivity contribution in [2.45, 2.75) is 25.6 Å². The topological polar surface area (TPSA) is 109 Å². The number of carboxylic acids is 1. The Morgan fingerprint density at radius 2 is 2.07 bits per heavy atom. The van der Waals surface area contributed by atoms with E-state index in [0.29, 0.717) is 24.5 Å². The van der Waals surface area contributed by atoms with E-state index >= 15 is 0 Å². The first-order chi connectivity index (χ1) is 14.5. The highest BCUT2D eigenvalue weighted by Gasteiger charge is 2.17. The van der Waals surface area contributed by atoms with Crippen LogP contribution in [0.25, 0.3) is 6.08 Å². The van der Waals surface area contributed by atoms with E-state index in [4.69, 9.17) is 14.6 Å². The van der Waals surface area contributed by atoms with Crippen molar-refractivity contribution < 1.29 is 24.2 Å². The number of carbonyl (C=O) groups is 2. The number of carbonyl (C=O) groups excluding carboxylic acids is 1. The third-order valence-electron chi connectivity index (χ3n) is 4.65. The minimum atomic E-state index is -0.985. The van der Waals surface area contributed by atoms with Gasteiger partial charge >= 0.3 is 5.97 Å². The number of hydrogen-bond donors (Lipinski definition) is 2. The predicted octanol–water partition coefficient (Wildman–Crippen LogP) is 3.17. The molecule has 2 aromatic rings. The standard InChI is InChI=1S/C23H22N2O5/c24-13-19(22(26)25-14-21-5-2-10-29-21)11-16-6-8-20(9-7-16)30-15-17-3-1-4-18(12-17)23(27)28/h1,3-4,6-9,11-12,21H,2,5,10,14-15H2,(H,25,26)(H,27,28)/b19-11+/t21-/m1/s1. The second kappa shape index (κ2) is 10.2. The van der Waals surface area contributed by atoms with Gasteiger partial charge in [0, 0.05) is 13.2 Å². The van der Waals surface area contributed by atoms with Crippen LogP contribution in [0, 0.1) is 11.3 Å². The maximum absolute atomic E-state index is 12.2. The molecule has 0 aromatic heterocycles. The van der Waals surface area contributed by atoms with E-state index in [1.807, 2.05) is 6.07 Å². The Kier molecular flexibility index (Phi) is 7.19. The number of nitriles is 1. The van der Waals surface area contributed by atoms with Crippen LogP contribution < -0.4 is 10.1 Å². The normalized spacial score (nSPS) is 16.0. The van der Waals surface area contributed by atoms with E-state index < -0.39 is 11.9 Å². The number of ether oxygens (including phenoxy) is 2. The summed E-state index contributed by atoms with van der Waals surface area (Å²) in [5, 5.41) is 21.1. The van der Waals surface area contributed by atoms with Crippen LogP contribution in [0.3, 0.4) is 0 Å². The Morgan fingerprint density at radius 3 is 2.73 bits per heavy atom. The maximum Gasteiger partial charge on any atom is 0.335 e. The minimum absolute atomic E-state index is 0.0153. The summed E-state index contributed by atoms with van der Waals surface area (Å²) in [6, 6.07) is 15.4. The van der Waals surface area contributed by atoms with Crippen LogP contribution in [0.4, 0.5) is 0 Å². The van der Waals surface area contributed by atoms with Crippen molar-refractivity contribution in [2.24, 2.45) is 0 Å². The Hall–Kier alpha value is -3.63. The van der Waals surface area contributed by atoms with Crippen LogP contribution in [0.2, 0.25) is 0 Å². The lowest BCUT2D eigenvalue weighted by molar-refractivity contribution is -0.117. The van der Waals surface area contributed by atoms with E-state index in [1.54, 1.807) is 42.5 Å². The van der Waals surface area contributed by atoms with Gasteiger partial charge in [0.05, 0.1) is 11.7 Å². The van der Waals surface area contributed by atoms with Crippen molar-refractivity contribution in [1.29, 1.82) is 5.26 Å². The summed E-state index contributed by atoms with van der Waals surface area (Å²) >= 11 is 0. The second-order valence-electron chi connectivity index (χ2n) is 6.88. The monoisotopic (exact) mass is 406 g/mol. The summed E-state index contributed by atoms with van der Waals surface area (Å²) in [5.74, 6) is -0.818. The molecule has 1 amide bonds. The first kappa shape index (κ1) is 21.1. The molecule has 0 bridgehead atoms. The van der Waals surface area contributed by atoms with Crippen molar-refractivity contribution in [3.8, 4) is 11.8 Å². The number of nitrogens with zero attached hydrogens (tertiary/aromatic N) is 1. The fourth-order valence-corrected chi connectivity index (χ4v) is 3.04. The van der Waals surface area contributed by atoms with Crippen LogP contribution in [0.1, 0.15) is 34.3 Å². The van der Waals surface area contributed by atoms with E-state index in [1.165, 1.54) is 12.1 Å². The van der Waals surface area contributed by atoms with Crippen molar-refractivity contribution in [3.05, 3.63) is 70.8 Å². The molecule has 0 aliphatic carbocycles. The summed E-state index contributed by atoms with van der Waals surface area (Å²) in [7, 11) is 0. The zero-order chi connectivity index (χ0) is 21.3. The van der Waals surface area contributed by atoms with Crippen LogP contribution >= 0.6 is 0 Å². The summed E-state index contributed by atoms with van der Waals surface area (Å²) in [6.07, 6.45) is 3.43. The molecule has 1 aliphatic rings. The third-order valence-corrected chi connectivity index (χ3v) is 4.65. The summed E-state index contributed by atoms with van der Waals surface area (Å²) in [5.41, 5.74) is 1.66. The average molecular weight is 406 g/mol. The van der Waals surface area contributed by atoms with Gasteiger partial charge in [-0.15, -0.1) is 0 Å². The molecule has 0 radical (unpaired) electrons. The molecule has 7 nitrogen and oxygen atoms in total.